The minimum absolute atomic E-state index is 0.321. The number of carbonyl (C=O) groups is 3. The quantitative estimate of drug-likeness (QED) is 0.708. The predicted octanol–water partition coefficient (Wildman–Crippen LogP) is 4.06. The zero-order chi connectivity index (χ0) is 22.0. The summed E-state index contributed by atoms with van der Waals surface area (Å²) in [6.07, 6.45) is 2.94. The van der Waals surface area contributed by atoms with E-state index in [2.05, 4.69) is 17.6 Å². The first-order chi connectivity index (χ1) is 14.8. The first-order valence-electron chi connectivity index (χ1n) is 10.3. The van der Waals surface area contributed by atoms with Gasteiger partial charge in [0, 0.05) is 11.8 Å². The van der Waals surface area contributed by atoms with Gasteiger partial charge in [0.05, 0.1) is 0 Å². The molecular weight excluding hydrogens is 401 g/mol. The number of rotatable bonds is 5. The van der Waals surface area contributed by atoms with Crippen molar-refractivity contribution < 1.29 is 23.5 Å². The number of nitrogens with zero attached hydrogens (tertiary/aromatic N) is 1. The van der Waals surface area contributed by atoms with Crippen LogP contribution in [0.5, 0.6) is 11.5 Å². The number of urea groups is 1. The van der Waals surface area contributed by atoms with Crippen LogP contribution in [-0.4, -0.2) is 34.8 Å². The highest BCUT2D eigenvalue weighted by Crippen LogP contribution is 2.36. The van der Waals surface area contributed by atoms with E-state index in [9.17, 15) is 18.8 Å². The topological polar surface area (TPSA) is 87.7 Å². The molecule has 1 saturated carbocycles. The minimum Gasteiger partial charge on any atom is -0.457 e. The van der Waals surface area contributed by atoms with Gasteiger partial charge >= 0.3 is 6.03 Å². The van der Waals surface area contributed by atoms with Gasteiger partial charge in [-0.1, -0.05) is 13.0 Å². The maximum atomic E-state index is 13.2. The molecule has 1 aliphatic carbocycles. The molecule has 8 heteroatoms. The Morgan fingerprint density at radius 1 is 1.16 bits per heavy atom. The average molecular weight is 425 g/mol. The van der Waals surface area contributed by atoms with Crippen LogP contribution in [-0.2, 0) is 9.59 Å². The number of nitrogens with one attached hydrogen (secondary N) is 2. The molecule has 1 saturated heterocycles. The number of hydrogen-bond donors (Lipinski definition) is 2. The molecule has 2 aromatic carbocycles. The van der Waals surface area contributed by atoms with Crippen LogP contribution in [0.3, 0.4) is 0 Å². The summed E-state index contributed by atoms with van der Waals surface area (Å²) in [7, 11) is 0. The van der Waals surface area contributed by atoms with Crippen molar-refractivity contribution in [3.05, 3.63) is 54.3 Å². The number of anilines is 1. The van der Waals surface area contributed by atoms with Crippen molar-refractivity contribution in [2.24, 2.45) is 5.92 Å². The van der Waals surface area contributed by atoms with Crippen molar-refractivity contribution >= 4 is 23.5 Å². The highest BCUT2D eigenvalue weighted by Gasteiger charge is 2.52. The van der Waals surface area contributed by atoms with Crippen molar-refractivity contribution in [2.45, 2.75) is 38.1 Å². The molecule has 162 valence electrons. The third-order valence-corrected chi connectivity index (χ3v) is 5.85. The van der Waals surface area contributed by atoms with Gasteiger partial charge in [0.1, 0.15) is 29.4 Å². The molecule has 0 bridgehead atoms. The first-order valence-corrected chi connectivity index (χ1v) is 10.3. The Hall–Kier alpha value is -3.42. The zero-order valence-corrected chi connectivity index (χ0v) is 17.2. The monoisotopic (exact) mass is 425 g/mol. The second-order valence-electron chi connectivity index (χ2n) is 8.22. The molecule has 1 spiro atoms. The number of benzene rings is 2. The standard InChI is InChI=1S/C23H24FN3O4/c1-15-9-11-23(12-10-15)21(29)27(22(30)26-23)14-20(28)25-17-5-7-18(8-6-17)31-19-4-2-3-16(24)13-19/h2-8,13,15H,9-12,14H2,1H3,(H,25,28)(H,26,30). The van der Waals surface area contributed by atoms with E-state index in [1.165, 1.54) is 12.1 Å². The van der Waals surface area contributed by atoms with Gasteiger partial charge in [0.25, 0.3) is 5.91 Å². The highest BCUT2D eigenvalue weighted by atomic mass is 19.1. The third kappa shape index (κ3) is 4.52. The molecule has 2 aliphatic rings. The molecule has 1 heterocycles. The van der Waals surface area contributed by atoms with Crippen molar-refractivity contribution in [1.29, 1.82) is 0 Å². The van der Waals surface area contributed by atoms with E-state index in [1.807, 2.05) is 0 Å². The van der Waals surface area contributed by atoms with Crippen LogP contribution in [0.2, 0.25) is 0 Å². The van der Waals surface area contributed by atoms with Gasteiger partial charge in [-0.3, -0.25) is 14.5 Å². The van der Waals surface area contributed by atoms with Crippen LogP contribution >= 0.6 is 0 Å². The minimum atomic E-state index is -0.861. The fourth-order valence-electron chi connectivity index (χ4n) is 4.03. The van der Waals surface area contributed by atoms with Crippen LogP contribution in [0.25, 0.3) is 0 Å². The van der Waals surface area contributed by atoms with Crippen LogP contribution < -0.4 is 15.4 Å². The lowest BCUT2D eigenvalue weighted by Crippen LogP contribution is -2.49. The molecule has 0 unspecified atom stereocenters. The summed E-state index contributed by atoms with van der Waals surface area (Å²) in [6, 6.07) is 11.8. The fraction of sp³-hybridized carbons (Fsp3) is 0.348. The summed E-state index contributed by atoms with van der Waals surface area (Å²) < 4.78 is 18.8. The Labute approximate surface area is 179 Å². The van der Waals surface area contributed by atoms with Crippen molar-refractivity contribution in [1.82, 2.24) is 10.2 Å². The van der Waals surface area contributed by atoms with E-state index in [4.69, 9.17) is 4.74 Å². The molecule has 0 atom stereocenters. The third-order valence-electron chi connectivity index (χ3n) is 5.85. The average Bonchev–Trinajstić information content (AvgIpc) is 2.96. The summed E-state index contributed by atoms with van der Waals surface area (Å²) in [5.41, 5.74) is -0.371. The smallest absolute Gasteiger partial charge is 0.325 e. The summed E-state index contributed by atoms with van der Waals surface area (Å²) in [6.45, 7) is 1.79. The number of imide groups is 1. The Morgan fingerprint density at radius 3 is 2.55 bits per heavy atom. The van der Waals surface area contributed by atoms with Gasteiger partial charge in [0.2, 0.25) is 5.91 Å². The SMILES string of the molecule is CC1CCC2(CC1)NC(=O)N(CC(=O)Nc1ccc(Oc3cccc(F)c3)cc1)C2=O. The molecule has 4 rings (SSSR count). The predicted molar refractivity (Wildman–Crippen MR) is 112 cm³/mol. The highest BCUT2D eigenvalue weighted by molar-refractivity contribution is 6.10. The lowest BCUT2D eigenvalue weighted by Gasteiger charge is -2.33. The van der Waals surface area contributed by atoms with E-state index in [0.29, 0.717) is 35.9 Å². The van der Waals surface area contributed by atoms with Crippen LogP contribution in [0.4, 0.5) is 14.9 Å². The Kier molecular flexibility index (Phi) is 5.63. The molecule has 0 radical (unpaired) electrons. The number of ether oxygens (including phenoxy) is 1. The molecule has 4 amide bonds. The number of carbonyl (C=O) groups excluding carboxylic acids is 3. The number of hydrogen-bond acceptors (Lipinski definition) is 4. The summed E-state index contributed by atoms with van der Waals surface area (Å²) in [5.74, 6) is 0.182. The maximum Gasteiger partial charge on any atom is 0.325 e. The van der Waals surface area contributed by atoms with Crippen LogP contribution in [0.15, 0.2) is 48.5 Å². The Balaban J connectivity index is 1.34. The lowest BCUT2D eigenvalue weighted by molar-refractivity contribution is -0.135. The Morgan fingerprint density at radius 2 is 1.87 bits per heavy atom. The summed E-state index contributed by atoms with van der Waals surface area (Å²) in [5, 5.41) is 5.49. The molecule has 2 N–H and O–H groups in total. The van der Waals surface area contributed by atoms with Crippen LogP contribution in [0.1, 0.15) is 32.6 Å². The molecule has 1 aliphatic heterocycles. The van der Waals surface area contributed by atoms with Crippen LogP contribution in [0, 0.1) is 11.7 Å². The van der Waals surface area contributed by atoms with Gasteiger partial charge in [-0.05, 0) is 68.0 Å². The molecule has 2 aromatic rings. The van der Waals surface area contributed by atoms with E-state index in [-0.39, 0.29) is 12.5 Å². The van der Waals surface area contributed by atoms with Gasteiger partial charge in [0.15, 0.2) is 0 Å². The van der Waals surface area contributed by atoms with E-state index < -0.39 is 23.3 Å². The largest absolute Gasteiger partial charge is 0.457 e. The number of halogens is 1. The van der Waals surface area contributed by atoms with Gasteiger partial charge in [-0.15, -0.1) is 0 Å². The molecular formula is C23H24FN3O4. The molecule has 7 nitrogen and oxygen atoms in total. The van der Waals surface area contributed by atoms with Crippen molar-refractivity contribution in [3.8, 4) is 11.5 Å². The summed E-state index contributed by atoms with van der Waals surface area (Å²) in [4.78, 5) is 38.6. The zero-order valence-electron chi connectivity index (χ0n) is 17.2. The lowest BCUT2D eigenvalue weighted by atomic mass is 9.77. The van der Waals surface area contributed by atoms with E-state index in [1.54, 1.807) is 36.4 Å². The second kappa shape index (κ2) is 8.37. The van der Waals surface area contributed by atoms with E-state index >= 15 is 0 Å². The molecule has 2 fully saturated rings. The number of amides is 4. The van der Waals surface area contributed by atoms with Crippen molar-refractivity contribution in [3.63, 3.8) is 0 Å². The maximum absolute atomic E-state index is 13.2. The normalized spacial score (nSPS) is 23.0. The fourth-order valence-corrected chi connectivity index (χ4v) is 4.03. The summed E-state index contributed by atoms with van der Waals surface area (Å²) >= 11 is 0. The first kappa shape index (κ1) is 20.8. The Bertz CT molecular complexity index is 1000. The van der Waals surface area contributed by atoms with E-state index in [0.717, 1.165) is 17.7 Å². The second-order valence-corrected chi connectivity index (χ2v) is 8.22. The van der Waals surface area contributed by atoms with Gasteiger partial charge < -0.3 is 15.4 Å². The van der Waals surface area contributed by atoms with Gasteiger partial charge in [-0.25, -0.2) is 9.18 Å². The molecule has 31 heavy (non-hydrogen) atoms. The van der Waals surface area contributed by atoms with Gasteiger partial charge in [-0.2, -0.15) is 0 Å². The van der Waals surface area contributed by atoms with Crippen molar-refractivity contribution in [2.75, 3.05) is 11.9 Å². The molecule has 0 aromatic heterocycles.